The molecular weight excluding hydrogens is 385 g/mol. The number of para-hydroxylation sites is 1. The highest BCUT2D eigenvalue weighted by atomic mass is 35.5. The molecule has 1 heterocycles. The first-order valence-electron chi connectivity index (χ1n) is 9.31. The first-order valence-corrected chi connectivity index (χ1v) is 10.1. The van der Waals surface area contributed by atoms with E-state index >= 15 is 0 Å². The van der Waals surface area contributed by atoms with Gasteiger partial charge in [0.05, 0.1) is 12.7 Å². The van der Waals surface area contributed by atoms with Gasteiger partial charge in [-0.1, -0.05) is 41.4 Å². The summed E-state index contributed by atoms with van der Waals surface area (Å²) in [5.41, 5.74) is 1.93. The van der Waals surface area contributed by atoms with Gasteiger partial charge in [0.2, 0.25) is 0 Å². The molecule has 2 aromatic carbocycles. The van der Waals surface area contributed by atoms with Gasteiger partial charge < -0.3 is 19.5 Å². The molecule has 0 radical (unpaired) electrons. The lowest BCUT2D eigenvalue weighted by atomic mass is 10.1. The molecule has 1 saturated heterocycles. The Kier molecular flexibility index (Phi) is 7.65. The SMILES string of the molecule is CCOc1cccc(CNCC2CCCO2)c1OCc1ccc(Cl)cc1Cl. The van der Waals surface area contributed by atoms with Crippen molar-refractivity contribution in [2.45, 2.75) is 39.0 Å². The molecule has 0 amide bonds. The number of hydrogen-bond acceptors (Lipinski definition) is 4. The summed E-state index contributed by atoms with van der Waals surface area (Å²) in [6.07, 6.45) is 2.56. The topological polar surface area (TPSA) is 39.7 Å². The van der Waals surface area contributed by atoms with Gasteiger partial charge in [-0.25, -0.2) is 0 Å². The molecule has 2 aromatic rings. The Hall–Kier alpha value is -1.46. The van der Waals surface area contributed by atoms with E-state index < -0.39 is 0 Å². The Morgan fingerprint density at radius 1 is 1.15 bits per heavy atom. The summed E-state index contributed by atoms with van der Waals surface area (Å²) in [5.74, 6) is 1.48. The maximum absolute atomic E-state index is 6.27. The maximum Gasteiger partial charge on any atom is 0.166 e. The normalized spacial score (nSPS) is 16.5. The van der Waals surface area contributed by atoms with Crippen LogP contribution in [0.4, 0.5) is 0 Å². The van der Waals surface area contributed by atoms with Gasteiger partial charge in [-0.3, -0.25) is 0 Å². The summed E-state index contributed by atoms with van der Waals surface area (Å²) in [7, 11) is 0. The van der Waals surface area contributed by atoms with Crippen molar-refractivity contribution in [3.05, 3.63) is 57.6 Å². The average Bonchev–Trinajstić information content (AvgIpc) is 3.16. The maximum atomic E-state index is 6.27. The van der Waals surface area contributed by atoms with Crippen LogP contribution < -0.4 is 14.8 Å². The number of halogens is 2. The van der Waals surface area contributed by atoms with Crippen molar-refractivity contribution >= 4 is 23.2 Å². The van der Waals surface area contributed by atoms with Crippen molar-refractivity contribution in [1.29, 1.82) is 0 Å². The number of nitrogens with one attached hydrogen (secondary N) is 1. The molecule has 27 heavy (non-hydrogen) atoms. The van der Waals surface area contributed by atoms with Crippen molar-refractivity contribution in [1.82, 2.24) is 5.32 Å². The van der Waals surface area contributed by atoms with Crippen LogP contribution in [-0.2, 0) is 17.9 Å². The lowest BCUT2D eigenvalue weighted by Crippen LogP contribution is -2.26. The third-order valence-electron chi connectivity index (χ3n) is 4.46. The molecule has 1 atom stereocenters. The Morgan fingerprint density at radius 3 is 2.78 bits per heavy atom. The van der Waals surface area contributed by atoms with Crippen LogP contribution in [0.1, 0.15) is 30.9 Å². The Morgan fingerprint density at radius 2 is 2.04 bits per heavy atom. The van der Waals surface area contributed by atoms with Gasteiger partial charge in [0.15, 0.2) is 11.5 Å². The first-order chi connectivity index (χ1) is 13.2. The van der Waals surface area contributed by atoms with E-state index in [0.29, 0.717) is 35.9 Å². The Bertz CT molecular complexity index is 748. The summed E-state index contributed by atoms with van der Waals surface area (Å²) in [5, 5.41) is 4.67. The van der Waals surface area contributed by atoms with E-state index in [-0.39, 0.29) is 0 Å². The molecule has 1 aliphatic heterocycles. The summed E-state index contributed by atoms with van der Waals surface area (Å²) in [6, 6.07) is 11.4. The van der Waals surface area contributed by atoms with Gasteiger partial charge in [0.1, 0.15) is 6.61 Å². The van der Waals surface area contributed by atoms with Crippen molar-refractivity contribution in [2.24, 2.45) is 0 Å². The average molecular weight is 410 g/mol. The lowest BCUT2D eigenvalue weighted by Gasteiger charge is -2.18. The van der Waals surface area contributed by atoms with E-state index in [0.717, 1.165) is 48.6 Å². The van der Waals surface area contributed by atoms with Crippen molar-refractivity contribution in [3.63, 3.8) is 0 Å². The fraction of sp³-hybridized carbons (Fsp3) is 0.429. The molecule has 1 N–H and O–H groups in total. The highest BCUT2D eigenvalue weighted by Gasteiger charge is 2.16. The van der Waals surface area contributed by atoms with Crippen LogP contribution in [0.2, 0.25) is 10.0 Å². The molecule has 3 rings (SSSR count). The second-order valence-corrected chi connectivity index (χ2v) is 7.31. The smallest absolute Gasteiger partial charge is 0.166 e. The molecular formula is C21H25Cl2NO3. The number of ether oxygens (including phenoxy) is 3. The second kappa shape index (κ2) is 10.2. The second-order valence-electron chi connectivity index (χ2n) is 6.47. The highest BCUT2D eigenvalue weighted by molar-refractivity contribution is 6.35. The van der Waals surface area contributed by atoms with Crippen LogP contribution >= 0.6 is 23.2 Å². The third-order valence-corrected chi connectivity index (χ3v) is 5.05. The molecule has 1 unspecified atom stereocenters. The third kappa shape index (κ3) is 5.76. The predicted molar refractivity (Wildman–Crippen MR) is 109 cm³/mol. The van der Waals surface area contributed by atoms with E-state index in [9.17, 15) is 0 Å². The minimum atomic E-state index is 0.303. The molecule has 0 aromatic heterocycles. The van der Waals surface area contributed by atoms with E-state index in [4.69, 9.17) is 37.4 Å². The number of benzene rings is 2. The van der Waals surface area contributed by atoms with E-state index in [1.165, 1.54) is 0 Å². The van der Waals surface area contributed by atoms with Crippen LogP contribution in [0, 0.1) is 0 Å². The number of hydrogen-bond donors (Lipinski definition) is 1. The fourth-order valence-corrected chi connectivity index (χ4v) is 3.56. The predicted octanol–water partition coefficient (Wildman–Crippen LogP) is 5.24. The monoisotopic (exact) mass is 409 g/mol. The molecule has 1 aliphatic rings. The van der Waals surface area contributed by atoms with Gasteiger partial charge >= 0.3 is 0 Å². The van der Waals surface area contributed by atoms with Gasteiger partial charge in [-0.2, -0.15) is 0 Å². The van der Waals surface area contributed by atoms with Crippen LogP contribution in [0.15, 0.2) is 36.4 Å². The molecule has 1 fully saturated rings. The van der Waals surface area contributed by atoms with E-state index in [1.54, 1.807) is 6.07 Å². The van der Waals surface area contributed by atoms with Crippen molar-refractivity contribution < 1.29 is 14.2 Å². The van der Waals surface area contributed by atoms with Crippen LogP contribution in [0.5, 0.6) is 11.5 Å². The zero-order valence-electron chi connectivity index (χ0n) is 15.5. The lowest BCUT2D eigenvalue weighted by molar-refractivity contribution is 0.110. The fourth-order valence-electron chi connectivity index (χ4n) is 3.10. The van der Waals surface area contributed by atoms with Gasteiger partial charge in [-0.05, 0) is 38.0 Å². The Balaban J connectivity index is 1.69. The summed E-state index contributed by atoms with van der Waals surface area (Å²) in [6.45, 7) is 5.26. The van der Waals surface area contributed by atoms with Gasteiger partial charge in [-0.15, -0.1) is 0 Å². The summed E-state index contributed by atoms with van der Waals surface area (Å²) >= 11 is 12.2. The minimum Gasteiger partial charge on any atom is -0.490 e. The quantitative estimate of drug-likeness (QED) is 0.614. The van der Waals surface area contributed by atoms with Crippen LogP contribution in [0.25, 0.3) is 0 Å². The molecule has 4 nitrogen and oxygen atoms in total. The zero-order chi connectivity index (χ0) is 19.1. The van der Waals surface area contributed by atoms with E-state index in [2.05, 4.69) is 5.32 Å². The summed E-state index contributed by atoms with van der Waals surface area (Å²) < 4.78 is 17.6. The molecule has 0 aliphatic carbocycles. The van der Waals surface area contributed by atoms with Crippen LogP contribution in [-0.4, -0.2) is 25.9 Å². The molecule has 0 bridgehead atoms. The minimum absolute atomic E-state index is 0.303. The number of rotatable bonds is 9. The molecule has 146 valence electrons. The molecule has 0 spiro atoms. The largest absolute Gasteiger partial charge is 0.490 e. The molecule has 6 heteroatoms. The zero-order valence-corrected chi connectivity index (χ0v) is 17.0. The van der Waals surface area contributed by atoms with Gasteiger partial charge in [0, 0.05) is 40.9 Å². The Labute approximate surface area is 170 Å². The van der Waals surface area contributed by atoms with Crippen molar-refractivity contribution in [3.8, 4) is 11.5 Å². The standard InChI is InChI=1S/C21H25Cl2NO3/c1-2-25-20-7-3-5-15(12-24-13-18-6-4-10-26-18)21(20)27-14-16-8-9-17(22)11-19(16)23/h3,5,7-9,11,18,24H,2,4,6,10,12-14H2,1H3. The van der Waals surface area contributed by atoms with E-state index in [1.807, 2.05) is 37.3 Å². The van der Waals surface area contributed by atoms with Crippen molar-refractivity contribution in [2.75, 3.05) is 19.8 Å². The highest BCUT2D eigenvalue weighted by Crippen LogP contribution is 2.33. The summed E-state index contributed by atoms with van der Waals surface area (Å²) in [4.78, 5) is 0. The van der Waals surface area contributed by atoms with Gasteiger partial charge in [0.25, 0.3) is 0 Å². The first kappa shape index (κ1) is 20.3. The van der Waals surface area contributed by atoms with Crippen LogP contribution in [0.3, 0.4) is 0 Å². The molecule has 0 saturated carbocycles.